The van der Waals surface area contributed by atoms with E-state index >= 15 is 0 Å². The van der Waals surface area contributed by atoms with Crippen molar-refractivity contribution in [3.8, 4) is 5.75 Å². The highest BCUT2D eigenvalue weighted by Gasteiger charge is 2.28. The molecule has 6 nitrogen and oxygen atoms in total. The molecule has 0 aromatic heterocycles. The zero-order valence-electron chi connectivity index (χ0n) is 15.6. The van der Waals surface area contributed by atoms with Crippen LogP contribution < -0.4 is 10.1 Å². The molecule has 0 saturated carbocycles. The van der Waals surface area contributed by atoms with Gasteiger partial charge in [-0.05, 0) is 31.5 Å². The Morgan fingerprint density at radius 2 is 2.16 bits per heavy atom. The lowest BCUT2D eigenvalue weighted by Gasteiger charge is -2.39. The van der Waals surface area contributed by atoms with Gasteiger partial charge in [0.2, 0.25) is 0 Å². The summed E-state index contributed by atoms with van der Waals surface area (Å²) < 4.78 is 10.3. The monoisotopic (exact) mass is 365 g/mol. The number of nitrogens with zero attached hydrogens (tertiary/aromatic N) is 2. The fourth-order valence-corrected chi connectivity index (χ4v) is 3.96. The quantitative estimate of drug-likeness (QED) is 0.502. The molecule has 1 fully saturated rings. The number of hydrogen-bond acceptors (Lipinski definition) is 5. The van der Waals surface area contributed by atoms with Crippen LogP contribution in [0.5, 0.6) is 5.75 Å². The number of thioether (sulfide) groups is 1. The van der Waals surface area contributed by atoms with Gasteiger partial charge in [-0.2, -0.15) is 11.8 Å². The molecule has 0 amide bonds. The molecule has 0 unspecified atom stereocenters. The van der Waals surface area contributed by atoms with E-state index in [0.717, 1.165) is 30.4 Å². The zero-order valence-corrected chi connectivity index (χ0v) is 16.4. The second-order valence-corrected chi connectivity index (χ2v) is 8.26. The molecule has 0 bridgehead atoms. The maximum atomic E-state index is 11.9. The van der Waals surface area contributed by atoms with Crippen molar-refractivity contribution in [1.29, 1.82) is 0 Å². The fraction of sp³-hybridized carbons (Fsp3) is 0.556. The fourth-order valence-electron chi connectivity index (χ4n) is 2.85. The predicted octanol–water partition coefficient (Wildman–Crippen LogP) is 2.38. The highest BCUT2D eigenvalue weighted by Crippen LogP contribution is 2.29. The number of hydrogen-bond donors (Lipinski definition) is 1. The molecular formula is C18H27N3O3S. The average molecular weight is 365 g/mol. The third-order valence-corrected chi connectivity index (χ3v) is 5.35. The van der Waals surface area contributed by atoms with Gasteiger partial charge in [-0.1, -0.05) is 6.07 Å². The number of esters is 1. The molecule has 2 rings (SSSR count). The van der Waals surface area contributed by atoms with E-state index in [1.807, 2.05) is 17.8 Å². The lowest BCUT2D eigenvalue weighted by atomic mass is 10.1. The van der Waals surface area contributed by atoms with Crippen LogP contribution in [0.15, 0.2) is 23.2 Å². The normalized spacial score (nSPS) is 17.2. The van der Waals surface area contributed by atoms with E-state index in [4.69, 9.17) is 9.47 Å². The Kier molecular flexibility index (Phi) is 6.58. The first-order valence-electron chi connectivity index (χ1n) is 8.25. The molecule has 7 heteroatoms. The van der Waals surface area contributed by atoms with Gasteiger partial charge < -0.3 is 19.7 Å². The van der Waals surface area contributed by atoms with Crippen molar-refractivity contribution in [3.63, 3.8) is 0 Å². The van der Waals surface area contributed by atoms with Gasteiger partial charge in [-0.15, -0.1) is 0 Å². The van der Waals surface area contributed by atoms with Gasteiger partial charge in [-0.25, -0.2) is 4.79 Å². The summed E-state index contributed by atoms with van der Waals surface area (Å²) in [7, 11) is 4.70. The third-order valence-electron chi connectivity index (χ3n) is 4.06. The van der Waals surface area contributed by atoms with Crippen molar-refractivity contribution >= 4 is 23.7 Å². The minimum absolute atomic E-state index is 0.216. The van der Waals surface area contributed by atoms with Crippen LogP contribution in [0.2, 0.25) is 0 Å². The second kappa shape index (κ2) is 8.47. The number of methoxy groups -OCH3 is 2. The first kappa shape index (κ1) is 19.4. The summed E-state index contributed by atoms with van der Waals surface area (Å²) in [5.41, 5.74) is 1.39. The van der Waals surface area contributed by atoms with E-state index in [2.05, 4.69) is 29.1 Å². The number of nitrogens with one attached hydrogen (secondary N) is 1. The second-order valence-electron chi connectivity index (χ2n) is 6.46. The molecule has 0 aliphatic carbocycles. The number of aliphatic imine (C=N–C) groups is 1. The summed E-state index contributed by atoms with van der Waals surface area (Å²) in [6.07, 6.45) is 0. The maximum absolute atomic E-state index is 11.9. The molecule has 0 spiro atoms. The summed E-state index contributed by atoms with van der Waals surface area (Å²) in [4.78, 5) is 18.6. The van der Waals surface area contributed by atoms with Crippen molar-refractivity contribution in [1.82, 2.24) is 10.2 Å². The Balaban J connectivity index is 2.08. The van der Waals surface area contributed by atoms with Crippen LogP contribution in [-0.2, 0) is 11.3 Å². The number of carbonyl (C=O) groups excluding carboxylic acids is 1. The zero-order chi connectivity index (χ0) is 18.4. The molecule has 1 N–H and O–H groups in total. The Labute approximate surface area is 154 Å². The number of benzene rings is 1. The smallest absolute Gasteiger partial charge is 0.341 e. The van der Waals surface area contributed by atoms with Gasteiger partial charge in [-0.3, -0.25) is 4.99 Å². The van der Waals surface area contributed by atoms with Gasteiger partial charge in [0.1, 0.15) is 11.3 Å². The molecule has 25 heavy (non-hydrogen) atoms. The van der Waals surface area contributed by atoms with E-state index < -0.39 is 5.97 Å². The van der Waals surface area contributed by atoms with Gasteiger partial charge in [0.15, 0.2) is 5.96 Å². The Morgan fingerprint density at radius 3 is 2.76 bits per heavy atom. The molecule has 1 aliphatic heterocycles. The van der Waals surface area contributed by atoms with E-state index in [0.29, 0.717) is 17.9 Å². The van der Waals surface area contributed by atoms with Crippen LogP contribution in [0.25, 0.3) is 0 Å². The number of rotatable bonds is 4. The molecule has 1 aromatic carbocycles. The standard InChI is InChI=1S/C18H27N3O3S/c1-18(2)12-21(8-9-25-18)17(19-3)20-11-13-6-7-15(23-4)14(10-13)16(22)24-5/h6-7,10H,8-9,11-12H2,1-5H3,(H,19,20). The highest BCUT2D eigenvalue weighted by molar-refractivity contribution is 8.00. The molecular weight excluding hydrogens is 338 g/mol. The Morgan fingerprint density at radius 1 is 1.40 bits per heavy atom. The van der Waals surface area contributed by atoms with Gasteiger partial charge in [0, 0.05) is 37.2 Å². The van der Waals surface area contributed by atoms with E-state index in [-0.39, 0.29) is 4.75 Å². The van der Waals surface area contributed by atoms with Crippen LogP contribution in [0.3, 0.4) is 0 Å². The summed E-state index contributed by atoms with van der Waals surface area (Å²) in [5.74, 6) is 2.07. The largest absolute Gasteiger partial charge is 0.496 e. The minimum Gasteiger partial charge on any atom is -0.496 e. The summed E-state index contributed by atoms with van der Waals surface area (Å²) >= 11 is 1.99. The first-order chi connectivity index (χ1) is 11.9. The van der Waals surface area contributed by atoms with Crippen molar-refractivity contribution < 1.29 is 14.3 Å². The molecule has 0 atom stereocenters. The van der Waals surface area contributed by atoms with Gasteiger partial charge in [0.25, 0.3) is 0 Å². The average Bonchev–Trinajstić information content (AvgIpc) is 2.60. The van der Waals surface area contributed by atoms with Crippen LogP contribution >= 0.6 is 11.8 Å². The molecule has 0 radical (unpaired) electrons. The van der Waals surface area contributed by atoms with E-state index in [1.54, 1.807) is 19.2 Å². The summed E-state index contributed by atoms with van der Waals surface area (Å²) in [6, 6.07) is 5.51. The number of ether oxygens (including phenoxy) is 2. The summed E-state index contributed by atoms with van der Waals surface area (Å²) in [6.45, 7) is 7.01. The van der Waals surface area contributed by atoms with Crippen LogP contribution in [0.4, 0.5) is 0 Å². The molecule has 1 heterocycles. The maximum Gasteiger partial charge on any atom is 0.341 e. The van der Waals surface area contributed by atoms with Crippen molar-refractivity contribution in [2.24, 2.45) is 4.99 Å². The molecule has 1 aliphatic rings. The minimum atomic E-state index is -0.405. The molecule has 138 valence electrons. The lowest BCUT2D eigenvalue weighted by molar-refractivity contribution is 0.0597. The Hall–Kier alpha value is -1.89. The lowest BCUT2D eigenvalue weighted by Crippen LogP contribution is -2.50. The van der Waals surface area contributed by atoms with E-state index in [9.17, 15) is 4.79 Å². The highest BCUT2D eigenvalue weighted by atomic mass is 32.2. The van der Waals surface area contributed by atoms with Gasteiger partial charge >= 0.3 is 5.97 Å². The van der Waals surface area contributed by atoms with Crippen LogP contribution in [0.1, 0.15) is 29.8 Å². The predicted molar refractivity (Wildman–Crippen MR) is 103 cm³/mol. The molecule has 1 saturated heterocycles. The van der Waals surface area contributed by atoms with Gasteiger partial charge in [0.05, 0.1) is 14.2 Å². The third kappa shape index (κ3) is 5.04. The topological polar surface area (TPSA) is 63.2 Å². The van der Waals surface area contributed by atoms with Crippen molar-refractivity contribution in [2.45, 2.75) is 25.1 Å². The molecule has 1 aromatic rings. The van der Waals surface area contributed by atoms with E-state index in [1.165, 1.54) is 14.2 Å². The SMILES string of the molecule is CN=C(NCc1ccc(OC)c(C(=O)OC)c1)N1CCSC(C)(C)C1. The number of carbonyl (C=O) groups is 1. The Bertz CT molecular complexity index is 646. The van der Waals surface area contributed by atoms with Crippen LogP contribution in [-0.4, -0.2) is 61.7 Å². The van der Waals surface area contributed by atoms with Crippen LogP contribution in [0, 0.1) is 0 Å². The van der Waals surface area contributed by atoms with Crippen molar-refractivity contribution in [2.75, 3.05) is 40.1 Å². The number of guanidine groups is 1. The first-order valence-corrected chi connectivity index (χ1v) is 9.23. The summed E-state index contributed by atoms with van der Waals surface area (Å²) in [5, 5.41) is 3.39. The van der Waals surface area contributed by atoms with Crippen molar-refractivity contribution in [3.05, 3.63) is 29.3 Å².